The average molecular weight is 466 g/mol. The molecule has 0 spiro atoms. The molecule has 6 heteroatoms. The Morgan fingerprint density at radius 2 is 1.96 bits per heavy atom. The van der Waals surface area contributed by atoms with Gasteiger partial charge in [0, 0.05) is 16.6 Å². The van der Waals surface area contributed by atoms with Crippen LogP contribution in [0.15, 0.2) is 39.3 Å². The number of rotatable bonds is 5. The normalized spacial score (nSPS) is 14.2. The van der Waals surface area contributed by atoms with Gasteiger partial charge in [0.1, 0.15) is 22.6 Å². The summed E-state index contributed by atoms with van der Waals surface area (Å²) in [4.78, 5) is 4.86. The second-order valence-corrected chi connectivity index (χ2v) is 7.93. The summed E-state index contributed by atoms with van der Waals surface area (Å²) < 4.78 is 9.37. The van der Waals surface area contributed by atoms with Crippen molar-refractivity contribution < 1.29 is 9.84 Å². The molecule has 0 bridgehead atoms. The SMILES string of the molecule is COc1cc(Br)c(Br)c2nc(-c3ccc(C4CC4)cc3)n(CCO)c12. The Hall–Kier alpha value is -1.37. The molecule has 0 aliphatic heterocycles. The fourth-order valence-corrected chi connectivity index (χ4v) is 4.02. The van der Waals surface area contributed by atoms with E-state index in [1.165, 1.54) is 18.4 Å². The number of aromatic nitrogens is 2. The van der Waals surface area contributed by atoms with Gasteiger partial charge in [-0.2, -0.15) is 0 Å². The minimum Gasteiger partial charge on any atom is -0.494 e. The van der Waals surface area contributed by atoms with E-state index in [2.05, 4.69) is 56.1 Å². The monoisotopic (exact) mass is 464 g/mol. The predicted molar refractivity (Wildman–Crippen MR) is 106 cm³/mol. The Labute approximate surface area is 163 Å². The van der Waals surface area contributed by atoms with Gasteiger partial charge in [-0.25, -0.2) is 4.98 Å². The molecule has 0 amide bonds. The number of hydrogen-bond acceptors (Lipinski definition) is 3. The fourth-order valence-electron chi connectivity index (χ4n) is 3.23. The smallest absolute Gasteiger partial charge is 0.146 e. The average Bonchev–Trinajstić information content (AvgIpc) is 3.41. The van der Waals surface area contributed by atoms with Gasteiger partial charge < -0.3 is 14.4 Å². The topological polar surface area (TPSA) is 47.3 Å². The van der Waals surface area contributed by atoms with Gasteiger partial charge in [-0.15, -0.1) is 0 Å². The lowest BCUT2D eigenvalue weighted by molar-refractivity contribution is 0.278. The lowest BCUT2D eigenvalue weighted by atomic mass is 10.1. The molecule has 1 saturated carbocycles. The standard InChI is InChI=1S/C19H18Br2N2O2/c1-25-15-10-14(20)16(21)17-18(15)23(8-9-24)19(22-17)13-6-4-12(5-7-13)11-2-3-11/h4-7,10-11,24H,2-3,8-9H2,1H3. The molecule has 2 aromatic carbocycles. The number of aliphatic hydroxyl groups is 1. The Bertz CT molecular complexity index is 931. The number of halogens is 2. The van der Waals surface area contributed by atoms with E-state index in [1.54, 1.807) is 7.11 Å². The van der Waals surface area contributed by atoms with Gasteiger partial charge in [0.05, 0.1) is 18.2 Å². The predicted octanol–water partition coefficient (Wildman–Crippen LogP) is 5.11. The van der Waals surface area contributed by atoms with Crippen LogP contribution in [-0.2, 0) is 6.54 Å². The van der Waals surface area contributed by atoms with Crippen LogP contribution in [0.5, 0.6) is 5.75 Å². The van der Waals surface area contributed by atoms with Crippen molar-refractivity contribution in [1.29, 1.82) is 0 Å². The van der Waals surface area contributed by atoms with Crippen LogP contribution < -0.4 is 4.74 Å². The summed E-state index contributed by atoms with van der Waals surface area (Å²) in [6.45, 7) is 0.496. The molecule has 0 radical (unpaired) electrons. The van der Waals surface area contributed by atoms with Crippen molar-refractivity contribution in [3.63, 3.8) is 0 Å². The van der Waals surface area contributed by atoms with Crippen LogP contribution in [0.3, 0.4) is 0 Å². The van der Waals surface area contributed by atoms with Crippen molar-refractivity contribution >= 4 is 42.9 Å². The summed E-state index contributed by atoms with van der Waals surface area (Å²) in [5, 5.41) is 9.57. The number of aliphatic hydroxyl groups excluding tert-OH is 1. The lowest BCUT2D eigenvalue weighted by Gasteiger charge is -2.11. The van der Waals surface area contributed by atoms with Crippen molar-refractivity contribution in [1.82, 2.24) is 9.55 Å². The van der Waals surface area contributed by atoms with Gasteiger partial charge in [0.15, 0.2) is 0 Å². The highest BCUT2D eigenvalue weighted by atomic mass is 79.9. The Morgan fingerprint density at radius 1 is 1.24 bits per heavy atom. The highest BCUT2D eigenvalue weighted by molar-refractivity contribution is 9.13. The van der Waals surface area contributed by atoms with Crippen molar-refractivity contribution in [2.75, 3.05) is 13.7 Å². The molecule has 4 rings (SSSR count). The summed E-state index contributed by atoms with van der Waals surface area (Å²) in [5.41, 5.74) is 4.14. The maximum atomic E-state index is 9.57. The molecule has 0 unspecified atom stereocenters. The van der Waals surface area contributed by atoms with Crippen LogP contribution >= 0.6 is 31.9 Å². The minimum atomic E-state index is 0.0372. The zero-order valence-corrected chi connectivity index (χ0v) is 17.0. The van der Waals surface area contributed by atoms with E-state index in [1.807, 2.05) is 10.6 Å². The van der Waals surface area contributed by atoms with Crippen LogP contribution in [0.4, 0.5) is 0 Å². The molecule has 1 aromatic heterocycles. The zero-order valence-electron chi connectivity index (χ0n) is 13.8. The summed E-state index contributed by atoms with van der Waals surface area (Å²) in [6, 6.07) is 10.5. The molecule has 4 nitrogen and oxygen atoms in total. The molecule has 1 aliphatic rings. The molecule has 0 saturated heterocycles. The highest BCUT2D eigenvalue weighted by Gasteiger charge is 2.24. The molecule has 1 aliphatic carbocycles. The maximum Gasteiger partial charge on any atom is 0.146 e. The Balaban J connectivity index is 1.92. The summed E-state index contributed by atoms with van der Waals surface area (Å²) >= 11 is 7.16. The van der Waals surface area contributed by atoms with Gasteiger partial charge >= 0.3 is 0 Å². The molecule has 0 atom stereocenters. The first-order valence-electron chi connectivity index (χ1n) is 8.27. The van der Waals surface area contributed by atoms with Gasteiger partial charge in [-0.3, -0.25) is 0 Å². The number of imidazole rings is 1. The van der Waals surface area contributed by atoms with Crippen LogP contribution in [0.25, 0.3) is 22.4 Å². The summed E-state index contributed by atoms with van der Waals surface area (Å²) in [6.07, 6.45) is 2.58. The first-order valence-corrected chi connectivity index (χ1v) is 9.86. The third-order valence-corrected chi connectivity index (χ3v) is 6.60. The molecule has 1 fully saturated rings. The van der Waals surface area contributed by atoms with Gasteiger partial charge in [0.25, 0.3) is 0 Å². The van der Waals surface area contributed by atoms with Crippen molar-refractivity contribution in [2.45, 2.75) is 25.3 Å². The summed E-state index contributed by atoms with van der Waals surface area (Å²) in [7, 11) is 1.65. The maximum absolute atomic E-state index is 9.57. The second kappa shape index (κ2) is 6.74. The fraction of sp³-hybridized carbons (Fsp3) is 0.316. The molecule has 1 heterocycles. The quantitative estimate of drug-likeness (QED) is 0.569. The molecular weight excluding hydrogens is 448 g/mol. The van der Waals surface area contributed by atoms with Gasteiger partial charge in [-0.1, -0.05) is 24.3 Å². The number of benzene rings is 2. The van der Waals surface area contributed by atoms with Crippen molar-refractivity contribution in [2.24, 2.45) is 0 Å². The number of methoxy groups -OCH3 is 1. The van der Waals surface area contributed by atoms with Gasteiger partial charge in [-0.05, 0) is 62.2 Å². The molecule has 3 aromatic rings. The molecule has 25 heavy (non-hydrogen) atoms. The van der Waals surface area contributed by atoms with Crippen LogP contribution in [0.1, 0.15) is 24.3 Å². The first-order chi connectivity index (χ1) is 12.1. The number of ether oxygens (including phenoxy) is 1. The van der Waals surface area contributed by atoms with E-state index in [0.717, 1.165) is 43.0 Å². The van der Waals surface area contributed by atoms with Crippen molar-refractivity contribution in [3.05, 3.63) is 44.8 Å². The van der Waals surface area contributed by atoms with E-state index < -0.39 is 0 Å². The molecule has 130 valence electrons. The van der Waals surface area contributed by atoms with E-state index in [9.17, 15) is 5.11 Å². The zero-order chi connectivity index (χ0) is 17.6. The van der Waals surface area contributed by atoms with E-state index in [-0.39, 0.29) is 6.61 Å². The van der Waals surface area contributed by atoms with Crippen LogP contribution in [0, 0.1) is 0 Å². The third kappa shape index (κ3) is 3.00. The number of hydrogen-bond donors (Lipinski definition) is 1. The molecular formula is C19H18Br2N2O2. The lowest BCUT2D eigenvalue weighted by Crippen LogP contribution is -2.05. The largest absolute Gasteiger partial charge is 0.494 e. The highest BCUT2D eigenvalue weighted by Crippen LogP contribution is 2.42. The van der Waals surface area contributed by atoms with E-state index in [4.69, 9.17) is 9.72 Å². The molecule has 1 N–H and O–H groups in total. The Kier molecular flexibility index (Phi) is 4.60. The van der Waals surface area contributed by atoms with Crippen molar-refractivity contribution in [3.8, 4) is 17.1 Å². The van der Waals surface area contributed by atoms with E-state index >= 15 is 0 Å². The first kappa shape index (κ1) is 17.1. The minimum absolute atomic E-state index is 0.0372. The summed E-state index contributed by atoms with van der Waals surface area (Å²) in [5.74, 6) is 2.30. The number of fused-ring (bicyclic) bond motifs is 1. The van der Waals surface area contributed by atoms with Crippen LogP contribution in [-0.4, -0.2) is 28.4 Å². The number of nitrogens with zero attached hydrogens (tertiary/aromatic N) is 2. The second-order valence-electron chi connectivity index (χ2n) is 6.28. The van der Waals surface area contributed by atoms with Crippen LogP contribution in [0.2, 0.25) is 0 Å². The van der Waals surface area contributed by atoms with E-state index in [0.29, 0.717) is 6.54 Å². The Morgan fingerprint density at radius 3 is 2.56 bits per heavy atom. The van der Waals surface area contributed by atoms with Gasteiger partial charge in [0.2, 0.25) is 0 Å². The third-order valence-electron chi connectivity index (χ3n) is 4.64.